The molecule has 0 aliphatic carbocycles. The molecule has 1 unspecified atom stereocenters. The van der Waals surface area contributed by atoms with Crippen LogP contribution < -0.4 is 10.6 Å². The summed E-state index contributed by atoms with van der Waals surface area (Å²) in [7, 11) is 0. The quantitative estimate of drug-likeness (QED) is 0.737. The van der Waals surface area contributed by atoms with Gasteiger partial charge in [0.1, 0.15) is 0 Å². The molecule has 0 saturated heterocycles. The van der Waals surface area contributed by atoms with Crippen LogP contribution in [0.4, 0.5) is 4.79 Å². The molecule has 3 N–H and O–H groups in total. The predicted molar refractivity (Wildman–Crippen MR) is 73.1 cm³/mol. The molecule has 0 aromatic heterocycles. The molecule has 19 heavy (non-hydrogen) atoms. The lowest BCUT2D eigenvalue weighted by molar-refractivity contribution is 0.0696. The lowest BCUT2D eigenvalue weighted by Gasteiger charge is -2.11. The molecule has 1 rings (SSSR count). The fourth-order valence-electron chi connectivity index (χ4n) is 1.47. The van der Waals surface area contributed by atoms with E-state index in [0.717, 1.165) is 12.0 Å². The van der Waals surface area contributed by atoms with Crippen LogP contribution in [0.5, 0.6) is 0 Å². The summed E-state index contributed by atoms with van der Waals surface area (Å²) in [6.45, 7) is 5.09. The monoisotopic (exact) mass is 264 g/mol. The van der Waals surface area contributed by atoms with Gasteiger partial charge in [0.25, 0.3) is 0 Å². The Balaban J connectivity index is 2.42. The lowest BCUT2D eigenvalue weighted by Crippen LogP contribution is -2.37. The standard InChI is InChI=1S/C14H20N2O3/c1-3-10(2)8-15-14(19)16-9-11-5-4-6-12(7-11)13(17)18/h4-7,10H,3,8-9H2,1-2H3,(H,17,18)(H2,15,16,19). The van der Waals surface area contributed by atoms with E-state index in [1.807, 2.05) is 0 Å². The number of benzene rings is 1. The van der Waals surface area contributed by atoms with E-state index in [1.165, 1.54) is 6.07 Å². The van der Waals surface area contributed by atoms with Crippen molar-refractivity contribution < 1.29 is 14.7 Å². The Kier molecular flexibility index (Phi) is 5.85. The Labute approximate surface area is 113 Å². The van der Waals surface area contributed by atoms with Gasteiger partial charge in [-0.1, -0.05) is 32.4 Å². The van der Waals surface area contributed by atoms with E-state index in [4.69, 9.17) is 5.11 Å². The van der Waals surface area contributed by atoms with Crippen LogP contribution in [-0.4, -0.2) is 23.7 Å². The summed E-state index contributed by atoms with van der Waals surface area (Å²) in [6, 6.07) is 6.28. The zero-order chi connectivity index (χ0) is 14.3. The molecule has 0 bridgehead atoms. The summed E-state index contributed by atoms with van der Waals surface area (Å²) in [5, 5.41) is 14.3. The fourth-order valence-corrected chi connectivity index (χ4v) is 1.47. The minimum absolute atomic E-state index is 0.222. The Morgan fingerprint density at radius 2 is 2.05 bits per heavy atom. The molecule has 5 heteroatoms. The Bertz CT molecular complexity index is 446. The van der Waals surface area contributed by atoms with Crippen molar-refractivity contribution in [3.63, 3.8) is 0 Å². The highest BCUT2D eigenvalue weighted by Gasteiger charge is 2.05. The topological polar surface area (TPSA) is 78.4 Å². The number of urea groups is 1. The second-order valence-electron chi connectivity index (χ2n) is 4.58. The molecule has 5 nitrogen and oxygen atoms in total. The van der Waals surface area contributed by atoms with Gasteiger partial charge in [-0.25, -0.2) is 9.59 Å². The van der Waals surface area contributed by atoms with Gasteiger partial charge in [-0.15, -0.1) is 0 Å². The highest BCUT2D eigenvalue weighted by atomic mass is 16.4. The van der Waals surface area contributed by atoms with E-state index in [0.29, 0.717) is 19.0 Å². The van der Waals surface area contributed by atoms with E-state index < -0.39 is 5.97 Å². The first-order chi connectivity index (χ1) is 9.02. The molecule has 0 fully saturated rings. The zero-order valence-corrected chi connectivity index (χ0v) is 11.3. The van der Waals surface area contributed by atoms with E-state index in [1.54, 1.807) is 18.2 Å². The summed E-state index contributed by atoms with van der Waals surface area (Å²) in [4.78, 5) is 22.3. The van der Waals surface area contributed by atoms with Crippen molar-refractivity contribution in [1.29, 1.82) is 0 Å². The van der Waals surface area contributed by atoms with Crippen molar-refractivity contribution in [2.45, 2.75) is 26.8 Å². The fraction of sp³-hybridized carbons (Fsp3) is 0.429. The summed E-state index contributed by atoms with van der Waals surface area (Å²) in [6.07, 6.45) is 1.01. The number of carboxylic acids is 1. The Morgan fingerprint density at radius 1 is 1.32 bits per heavy atom. The maximum Gasteiger partial charge on any atom is 0.335 e. The third kappa shape index (κ3) is 5.42. The van der Waals surface area contributed by atoms with E-state index in [2.05, 4.69) is 24.5 Å². The average molecular weight is 264 g/mol. The second-order valence-corrected chi connectivity index (χ2v) is 4.58. The summed E-state index contributed by atoms with van der Waals surface area (Å²) >= 11 is 0. The Hall–Kier alpha value is -2.04. The van der Waals surface area contributed by atoms with Crippen molar-refractivity contribution in [1.82, 2.24) is 10.6 Å². The molecule has 2 amide bonds. The SMILES string of the molecule is CCC(C)CNC(=O)NCc1cccc(C(=O)O)c1. The van der Waals surface area contributed by atoms with Gasteiger partial charge in [-0.2, -0.15) is 0 Å². The number of amides is 2. The van der Waals surface area contributed by atoms with Crippen LogP contribution in [-0.2, 0) is 6.54 Å². The first kappa shape index (κ1) is 15.0. The zero-order valence-electron chi connectivity index (χ0n) is 11.3. The molecule has 104 valence electrons. The van der Waals surface area contributed by atoms with Crippen molar-refractivity contribution >= 4 is 12.0 Å². The maximum atomic E-state index is 11.5. The third-order valence-electron chi connectivity index (χ3n) is 2.94. The summed E-state index contributed by atoms with van der Waals surface area (Å²) in [5.74, 6) is -0.524. The number of hydrogen-bond acceptors (Lipinski definition) is 2. The first-order valence-corrected chi connectivity index (χ1v) is 6.36. The van der Waals surface area contributed by atoms with Gasteiger partial charge in [0.05, 0.1) is 5.56 Å². The molecule has 0 saturated carbocycles. The lowest BCUT2D eigenvalue weighted by atomic mass is 10.1. The van der Waals surface area contributed by atoms with Crippen LogP contribution in [0.3, 0.4) is 0 Å². The molecular weight excluding hydrogens is 244 g/mol. The van der Waals surface area contributed by atoms with Gasteiger partial charge < -0.3 is 15.7 Å². The molecule has 1 aromatic carbocycles. The Morgan fingerprint density at radius 3 is 2.68 bits per heavy atom. The molecule has 0 spiro atoms. The molecule has 0 heterocycles. The second kappa shape index (κ2) is 7.41. The minimum Gasteiger partial charge on any atom is -0.478 e. The van der Waals surface area contributed by atoms with E-state index in [9.17, 15) is 9.59 Å². The van der Waals surface area contributed by atoms with Crippen LogP contribution in [0.15, 0.2) is 24.3 Å². The van der Waals surface area contributed by atoms with Crippen molar-refractivity contribution in [2.75, 3.05) is 6.54 Å². The average Bonchev–Trinajstić information content (AvgIpc) is 2.42. The van der Waals surface area contributed by atoms with E-state index in [-0.39, 0.29) is 11.6 Å². The molecule has 1 aromatic rings. The van der Waals surface area contributed by atoms with Gasteiger partial charge in [-0.05, 0) is 23.6 Å². The first-order valence-electron chi connectivity index (χ1n) is 6.36. The van der Waals surface area contributed by atoms with Gasteiger partial charge in [0.2, 0.25) is 0 Å². The van der Waals surface area contributed by atoms with Crippen LogP contribution in [0.1, 0.15) is 36.2 Å². The van der Waals surface area contributed by atoms with Crippen LogP contribution >= 0.6 is 0 Å². The number of hydrogen-bond donors (Lipinski definition) is 3. The molecule has 0 aliphatic heterocycles. The smallest absolute Gasteiger partial charge is 0.335 e. The third-order valence-corrected chi connectivity index (χ3v) is 2.94. The number of rotatable bonds is 6. The molecule has 0 aliphatic rings. The van der Waals surface area contributed by atoms with Gasteiger partial charge >= 0.3 is 12.0 Å². The van der Waals surface area contributed by atoms with Gasteiger partial charge in [0.15, 0.2) is 0 Å². The minimum atomic E-state index is -0.969. The summed E-state index contributed by atoms with van der Waals surface area (Å²) in [5.41, 5.74) is 0.984. The maximum absolute atomic E-state index is 11.5. The predicted octanol–water partition coefficient (Wildman–Crippen LogP) is 2.23. The number of carbonyl (C=O) groups is 2. The van der Waals surface area contributed by atoms with Crippen molar-refractivity contribution in [2.24, 2.45) is 5.92 Å². The van der Waals surface area contributed by atoms with Crippen LogP contribution in [0.25, 0.3) is 0 Å². The number of carbonyl (C=O) groups excluding carboxylic acids is 1. The number of nitrogens with one attached hydrogen (secondary N) is 2. The van der Waals surface area contributed by atoms with Crippen molar-refractivity contribution in [3.8, 4) is 0 Å². The molecule has 1 atom stereocenters. The highest BCUT2D eigenvalue weighted by molar-refractivity contribution is 5.87. The number of carboxylic acid groups (broad SMARTS) is 1. The largest absolute Gasteiger partial charge is 0.478 e. The number of aromatic carboxylic acids is 1. The highest BCUT2D eigenvalue weighted by Crippen LogP contribution is 2.05. The summed E-state index contributed by atoms with van der Waals surface area (Å²) < 4.78 is 0. The molecular formula is C14H20N2O3. The van der Waals surface area contributed by atoms with Gasteiger partial charge in [0, 0.05) is 13.1 Å². The van der Waals surface area contributed by atoms with Crippen molar-refractivity contribution in [3.05, 3.63) is 35.4 Å². The normalized spacial score (nSPS) is 11.7. The molecule has 0 radical (unpaired) electrons. The van der Waals surface area contributed by atoms with E-state index >= 15 is 0 Å². The van der Waals surface area contributed by atoms with Gasteiger partial charge in [-0.3, -0.25) is 0 Å². The van der Waals surface area contributed by atoms with Crippen LogP contribution in [0, 0.1) is 5.92 Å². The van der Waals surface area contributed by atoms with Crippen LogP contribution in [0.2, 0.25) is 0 Å².